The summed E-state index contributed by atoms with van der Waals surface area (Å²) in [6.45, 7) is 7.44. The molecule has 1 heterocycles. The number of ether oxygens (including phenoxy) is 1. The molecular weight excluding hydrogens is 531 g/mol. The number of carbonyl (C=O) groups excluding carboxylic acids is 2. The number of alkyl carbamates (subject to hydrolysis) is 1. The van der Waals surface area contributed by atoms with Crippen molar-refractivity contribution >= 4 is 46.8 Å². The Labute approximate surface area is 231 Å². The van der Waals surface area contributed by atoms with Gasteiger partial charge >= 0.3 is 6.09 Å². The maximum absolute atomic E-state index is 13.7. The van der Waals surface area contributed by atoms with Crippen molar-refractivity contribution in [2.24, 2.45) is 7.05 Å². The van der Waals surface area contributed by atoms with Crippen molar-refractivity contribution < 1.29 is 14.3 Å². The molecular formula is C28H30Cl2N2O4S. The van der Waals surface area contributed by atoms with Gasteiger partial charge in [0, 0.05) is 53.3 Å². The third-order valence-corrected chi connectivity index (χ3v) is 6.91. The van der Waals surface area contributed by atoms with Crippen molar-refractivity contribution in [1.29, 1.82) is 0 Å². The standard InChI is InChI=1S/C28H30Cl2N2O4S/c1-6-37-16-17-7-9-20(26(34)22-13-19(29)8-10-24(22)30)21(11-17)23-15-32(5)25(33)12-18(23)14-31-27(35)36-28(2,3)4/h7-13,15H,6,14,16H2,1-5H3,(H,31,35). The van der Waals surface area contributed by atoms with Gasteiger partial charge in [0.15, 0.2) is 5.78 Å². The largest absolute Gasteiger partial charge is 0.444 e. The fraction of sp³-hybridized carbons (Fsp3) is 0.321. The average Bonchev–Trinajstić information content (AvgIpc) is 2.83. The number of ketones is 1. The number of pyridine rings is 1. The number of halogens is 2. The summed E-state index contributed by atoms with van der Waals surface area (Å²) in [6, 6.07) is 11.9. The third kappa shape index (κ3) is 7.63. The number of benzene rings is 2. The van der Waals surface area contributed by atoms with Crippen LogP contribution >= 0.6 is 35.0 Å². The molecule has 0 atom stereocenters. The molecule has 0 aliphatic rings. The first-order valence-corrected chi connectivity index (χ1v) is 13.7. The molecule has 0 fully saturated rings. The molecule has 2 aromatic carbocycles. The zero-order valence-corrected chi connectivity index (χ0v) is 23.8. The van der Waals surface area contributed by atoms with E-state index in [2.05, 4.69) is 12.2 Å². The number of hydrogen-bond acceptors (Lipinski definition) is 5. The Hall–Kier alpha value is -2.74. The number of rotatable bonds is 8. The lowest BCUT2D eigenvalue weighted by Gasteiger charge is -2.20. The summed E-state index contributed by atoms with van der Waals surface area (Å²) < 4.78 is 6.79. The molecule has 0 aliphatic carbocycles. The predicted molar refractivity (Wildman–Crippen MR) is 152 cm³/mol. The van der Waals surface area contributed by atoms with Crippen LogP contribution in [0.1, 0.15) is 54.7 Å². The Morgan fingerprint density at radius 1 is 1.03 bits per heavy atom. The lowest BCUT2D eigenvalue weighted by atomic mass is 9.91. The Morgan fingerprint density at radius 2 is 1.76 bits per heavy atom. The molecule has 1 N–H and O–H groups in total. The summed E-state index contributed by atoms with van der Waals surface area (Å²) in [5, 5.41) is 3.41. The van der Waals surface area contributed by atoms with Crippen LogP contribution in [-0.4, -0.2) is 27.8 Å². The maximum Gasteiger partial charge on any atom is 0.407 e. The fourth-order valence-corrected chi connectivity index (χ4v) is 4.67. The minimum Gasteiger partial charge on any atom is -0.444 e. The van der Waals surface area contributed by atoms with Gasteiger partial charge in [-0.2, -0.15) is 11.8 Å². The summed E-state index contributed by atoms with van der Waals surface area (Å²) in [5.74, 6) is 1.41. The van der Waals surface area contributed by atoms with Gasteiger partial charge in [-0.1, -0.05) is 42.3 Å². The predicted octanol–water partition coefficient (Wildman–Crippen LogP) is 6.87. The van der Waals surface area contributed by atoms with E-state index >= 15 is 0 Å². The van der Waals surface area contributed by atoms with E-state index < -0.39 is 11.7 Å². The average molecular weight is 562 g/mol. The quantitative estimate of drug-likeness (QED) is 0.304. The molecule has 3 rings (SSSR count). The SMILES string of the molecule is CCSCc1ccc(C(=O)c2cc(Cl)ccc2Cl)c(-c2cn(C)c(=O)cc2CNC(=O)OC(C)(C)C)c1. The molecule has 0 bridgehead atoms. The highest BCUT2D eigenvalue weighted by atomic mass is 35.5. The molecule has 0 unspecified atom stereocenters. The molecule has 3 aromatic rings. The van der Waals surface area contributed by atoms with Crippen molar-refractivity contribution in [2.45, 2.75) is 45.6 Å². The van der Waals surface area contributed by atoms with Gasteiger partial charge in [0.25, 0.3) is 5.56 Å². The second-order valence-electron chi connectivity index (χ2n) is 9.49. The van der Waals surface area contributed by atoms with Crippen LogP contribution in [-0.2, 0) is 24.1 Å². The van der Waals surface area contributed by atoms with E-state index in [0.29, 0.717) is 32.3 Å². The minimum atomic E-state index is -0.666. The number of aryl methyl sites for hydroxylation is 1. The van der Waals surface area contributed by atoms with Crippen LogP contribution < -0.4 is 10.9 Å². The Kier molecular flexibility index (Phi) is 9.51. The van der Waals surface area contributed by atoms with Crippen LogP contribution in [0.3, 0.4) is 0 Å². The van der Waals surface area contributed by atoms with Crippen molar-refractivity contribution in [3.8, 4) is 11.1 Å². The van der Waals surface area contributed by atoms with Crippen molar-refractivity contribution in [3.63, 3.8) is 0 Å². The van der Waals surface area contributed by atoms with Gasteiger partial charge in [-0.3, -0.25) is 9.59 Å². The number of amides is 1. The van der Waals surface area contributed by atoms with E-state index in [1.165, 1.54) is 10.6 Å². The van der Waals surface area contributed by atoms with Crippen molar-refractivity contribution in [1.82, 2.24) is 9.88 Å². The second-order valence-corrected chi connectivity index (χ2v) is 11.6. The summed E-state index contributed by atoms with van der Waals surface area (Å²) >= 11 is 14.3. The Balaban J connectivity index is 2.15. The molecule has 0 saturated carbocycles. The highest BCUT2D eigenvalue weighted by Crippen LogP contribution is 2.32. The minimum absolute atomic E-state index is 0.0415. The van der Waals surface area contributed by atoms with Crippen LogP contribution in [0.2, 0.25) is 10.0 Å². The summed E-state index contributed by atoms with van der Waals surface area (Å²) in [5.41, 5.74) is 2.64. The number of nitrogens with zero attached hydrogens (tertiary/aromatic N) is 1. The molecule has 196 valence electrons. The second kappa shape index (κ2) is 12.2. The van der Waals surface area contributed by atoms with Gasteiger partial charge in [0.05, 0.1) is 5.02 Å². The smallest absolute Gasteiger partial charge is 0.407 e. The normalized spacial score (nSPS) is 11.3. The zero-order valence-electron chi connectivity index (χ0n) is 21.5. The van der Waals surface area contributed by atoms with Crippen LogP contribution in [0.15, 0.2) is 53.5 Å². The van der Waals surface area contributed by atoms with E-state index in [1.54, 1.807) is 70.0 Å². The van der Waals surface area contributed by atoms with Crippen LogP contribution in [0.5, 0.6) is 0 Å². The highest BCUT2D eigenvalue weighted by Gasteiger charge is 2.22. The number of thioether (sulfide) groups is 1. The number of nitrogens with one attached hydrogen (secondary N) is 1. The Morgan fingerprint density at radius 3 is 2.43 bits per heavy atom. The van der Waals surface area contributed by atoms with E-state index in [0.717, 1.165) is 17.1 Å². The Bertz CT molecular complexity index is 1380. The number of hydrogen-bond donors (Lipinski definition) is 1. The first kappa shape index (κ1) is 28.8. The van der Waals surface area contributed by atoms with E-state index in [-0.39, 0.29) is 23.5 Å². The van der Waals surface area contributed by atoms with Crippen LogP contribution in [0.25, 0.3) is 11.1 Å². The van der Waals surface area contributed by atoms with Gasteiger partial charge in [-0.05, 0) is 67.5 Å². The molecule has 0 saturated heterocycles. The topological polar surface area (TPSA) is 77.4 Å². The number of carbonyl (C=O) groups is 2. The van der Waals surface area contributed by atoms with Crippen molar-refractivity contribution in [3.05, 3.63) is 91.3 Å². The lowest BCUT2D eigenvalue weighted by molar-refractivity contribution is 0.0523. The van der Waals surface area contributed by atoms with Crippen LogP contribution in [0, 0.1) is 0 Å². The first-order chi connectivity index (χ1) is 17.4. The highest BCUT2D eigenvalue weighted by molar-refractivity contribution is 7.98. The van der Waals surface area contributed by atoms with Gasteiger partial charge in [-0.25, -0.2) is 4.79 Å². The zero-order chi connectivity index (χ0) is 27.3. The molecule has 0 spiro atoms. The molecule has 6 nitrogen and oxygen atoms in total. The molecule has 1 amide bonds. The third-order valence-electron chi connectivity index (χ3n) is 5.40. The van der Waals surface area contributed by atoms with E-state index in [1.807, 2.05) is 12.1 Å². The lowest BCUT2D eigenvalue weighted by Crippen LogP contribution is -2.32. The molecule has 37 heavy (non-hydrogen) atoms. The van der Waals surface area contributed by atoms with E-state index in [4.69, 9.17) is 27.9 Å². The van der Waals surface area contributed by atoms with E-state index in [9.17, 15) is 14.4 Å². The summed E-state index contributed by atoms with van der Waals surface area (Å²) in [4.78, 5) is 38.6. The molecule has 0 radical (unpaired) electrons. The van der Waals surface area contributed by atoms with Gasteiger partial charge < -0.3 is 14.6 Å². The monoisotopic (exact) mass is 560 g/mol. The molecule has 1 aromatic heterocycles. The van der Waals surface area contributed by atoms with Gasteiger partial charge in [0.1, 0.15) is 5.60 Å². The summed E-state index contributed by atoms with van der Waals surface area (Å²) in [7, 11) is 1.64. The molecule has 9 heteroatoms. The first-order valence-electron chi connectivity index (χ1n) is 11.8. The molecule has 0 aliphatic heterocycles. The summed E-state index contributed by atoms with van der Waals surface area (Å²) in [6.07, 6.45) is 1.07. The van der Waals surface area contributed by atoms with Crippen LogP contribution in [0.4, 0.5) is 4.79 Å². The fourth-order valence-electron chi connectivity index (χ4n) is 3.68. The maximum atomic E-state index is 13.7. The van der Waals surface area contributed by atoms with Crippen molar-refractivity contribution in [2.75, 3.05) is 5.75 Å². The number of aromatic nitrogens is 1. The van der Waals surface area contributed by atoms with Gasteiger partial charge in [-0.15, -0.1) is 0 Å². The van der Waals surface area contributed by atoms with Gasteiger partial charge in [0.2, 0.25) is 0 Å².